The molecule has 2 heterocycles. The molecule has 0 saturated carbocycles. The van der Waals surface area contributed by atoms with E-state index in [1.54, 1.807) is 13.8 Å². The largest absolute Gasteiger partial charge is 0.393 e. The first kappa shape index (κ1) is 35.8. The van der Waals surface area contributed by atoms with Crippen LogP contribution in [0.5, 0.6) is 0 Å². The molecule has 2 aliphatic rings. The molecular formula is C28H52N2O11. The number of nitrogens with one attached hydrogen (secondary N) is 2. The lowest BCUT2D eigenvalue weighted by molar-refractivity contribution is -0.492. The van der Waals surface area contributed by atoms with Crippen LogP contribution in [0.4, 0.5) is 0 Å². The quantitative estimate of drug-likeness (QED) is 0.198. The molecule has 0 radical (unpaired) electrons. The second-order valence-corrected chi connectivity index (χ2v) is 13.3. The molecule has 7 N–H and O–H groups in total. The third-order valence-corrected chi connectivity index (χ3v) is 10.8. The Hall–Kier alpha value is -1.42. The van der Waals surface area contributed by atoms with Crippen LogP contribution in [-0.2, 0) is 28.5 Å². The second-order valence-electron chi connectivity index (χ2n) is 13.3. The van der Waals surface area contributed by atoms with Crippen LogP contribution < -0.4 is 10.6 Å². The summed E-state index contributed by atoms with van der Waals surface area (Å²) < 4.78 is 25.8. The molecule has 0 aromatic rings. The Morgan fingerprint density at radius 1 is 0.683 bits per heavy atom. The van der Waals surface area contributed by atoms with Crippen LogP contribution >= 0.6 is 0 Å². The first-order chi connectivity index (χ1) is 18.1. The third kappa shape index (κ3) is 4.38. The molecule has 0 spiro atoms. The second kappa shape index (κ2) is 10.1. The van der Waals surface area contributed by atoms with E-state index >= 15 is 0 Å². The Balaban J connectivity index is 3.06. The van der Waals surface area contributed by atoms with Gasteiger partial charge in [-0.25, -0.2) is 0 Å². The SMILES string of the molecule is CCOC1(C)C(C)(NC(C)=O)C(C)(O)OC(C)(CO)C1(C)OC1(C)OC(C)(CO)C(C)(O)C(C)(O)C1(C)NC(C)=O. The van der Waals surface area contributed by atoms with Crippen molar-refractivity contribution < 1.29 is 54.1 Å². The van der Waals surface area contributed by atoms with Crippen molar-refractivity contribution >= 4 is 11.8 Å². The van der Waals surface area contributed by atoms with Crippen molar-refractivity contribution in [2.24, 2.45) is 0 Å². The van der Waals surface area contributed by atoms with Gasteiger partial charge in [-0.15, -0.1) is 0 Å². The van der Waals surface area contributed by atoms with Crippen LogP contribution in [0, 0.1) is 0 Å². The summed E-state index contributed by atoms with van der Waals surface area (Å²) in [7, 11) is 0. The molecule has 13 nitrogen and oxygen atoms in total. The third-order valence-electron chi connectivity index (χ3n) is 10.8. The average molecular weight is 593 g/mol. The molecule has 0 aromatic heterocycles. The van der Waals surface area contributed by atoms with Crippen molar-refractivity contribution in [3.63, 3.8) is 0 Å². The van der Waals surface area contributed by atoms with Gasteiger partial charge < -0.3 is 55.1 Å². The Bertz CT molecular complexity index is 1050. The van der Waals surface area contributed by atoms with Crippen molar-refractivity contribution in [1.29, 1.82) is 0 Å². The summed E-state index contributed by atoms with van der Waals surface area (Å²) in [6.45, 7) is 17.0. The Kier molecular flexibility index (Phi) is 8.78. The molecule has 0 aromatic carbocycles. The zero-order chi connectivity index (χ0) is 32.5. The number of rotatable bonds is 8. The molecule has 240 valence electrons. The lowest BCUT2D eigenvalue weighted by Crippen LogP contribution is -2.93. The number of hydrogen-bond acceptors (Lipinski definition) is 11. The normalized spacial score (nSPS) is 52.1. The van der Waals surface area contributed by atoms with E-state index in [9.17, 15) is 35.1 Å². The highest BCUT2D eigenvalue weighted by Crippen LogP contribution is 2.61. The maximum absolute atomic E-state index is 12.6. The van der Waals surface area contributed by atoms with E-state index < -0.39 is 81.3 Å². The highest BCUT2D eigenvalue weighted by Gasteiger charge is 2.81. The Labute approximate surface area is 242 Å². The topological polar surface area (TPSA) is 196 Å². The van der Waals surface area contributed by atoms with Gasteiger partial charge in [-0.1, -0.05) is 0 Å². The fourth-order valence-corrected chi connectivity index (χ4v) is 6.97. The van der Waals surface area contributed by atoms with Crippen molar-refractivity contribution in [1.82, 2.24) is 10.6 Å². The van der Waals surface area contributed by atoms with E-state index in [-0.39, 0.29) is 6.61 Å². The van der Waals surface area contributed by atoms with Crippen molar-refractivity contribution in [3.05, 3.63) is 0 Å². The van der Waals surface area contributed by atoms with E-state index in [0.717, 1.165) is 0 Å². The monoisotopic (exact) mass is 592 g/mol. The molecular weight excluding hydrogens is 540 g/mol. The van der Waals surface area contributed by atoms with Crippen LogP contribution in [0.25, 0.3) is 0 Å². The molecule has 13 heteroatoms. The zero-order valence-electron chi connectivity index (χ0n) is 26.8. The van der Waals surface area contributed by atoms with Gasteiger partial charge in [0.15, 0.2) is 11.6 Å². The summed E-state index contributed by atoms with van der Waals surface area (Å²) in [6, 6.07) is 0. The van der Waals surface area contributed by atoms with Gasteiger partial charge in [0.2, 0.25) is 11.8 Å². The molecule has 2 rings (SSSR count). The van der Waals surface area contributed by atoms with Gasteiger partial charge in [-0.05, 0) is 76.2 Å². The maximum Gasteiger partial charge on any atom is 0.217 e. The number of aliphatic hydroxyl groups excluding tert-OH is 2. The maximum atomic E-state index is 12.6. The molecule has 2 amide bonds. The summed E-state index contributed by atoms with van der Waals surface area (Å²) >= 11 is 0. The number of carbonyl (C=O) groups is 2. The molecule has 0 aliphatic carbocycles. The minimum Gasteiger partial charge on any atom is -0.393 e. The van der Waals surface area contributed by atoms with E-state index in [0.29, 0.717) is 0 Å². The molecule has 10 atom stereocenters. The molecule has 10 unspecified atom stereocenters. The van der Waals surface area contributed by atoms with Crippen LogP contribution in [0.3, 0.4) is 0 Å². The number of aliphatic hydroxyl groups is 5. The predicted octanol–water partition coefficient (Wildman–Crippen LogP) is -0.164. The molecule has 2 fully saturated rings. The molecule has 41 heavy (non-hydrogen) atoms. The average Bonchev–Trinajstić information content (AvgIpc) is 2.80. The van der Waals surface area contributed by atoms with Crippen LogP contribution in [0.1, 0.15) is 90.0 Å². The molecule has 0 bridgehead atoms. The summed E-state index contributed by atoms with van der Waals surface area (Å²) in [5.74, 6) is -5.36. The first-order valence-corrected chi connectivity index (χ1v) is 13.8. The summed E-state index contributed by atoms with van der Waals surface area (Å²) in [4.78, 5) is 25.1. The first-order valence-electron chi connectivity index (χ1n) is 13.8. The minimum absolute atomic E-state index is 0.0591. The lowest BCUT2D eigenvalue weighted by Gasteiger charge is -2.72. The number of amides is 2. The number of hydrogen-bond donors (Lipinski definition) is 7. The lowest BCUT2D eigenvalue weighted by atomic mass is 9.57. The highest BCUT2D eigenvalue weighted by atomic mass is 16.8. The fraction of sp³-hybridized carbons (Fsp3) is 0.929. The van der Waals surface area contributed by atoms with Crippen LogP contribution in [-0.4, -0.2) is 113 Å². The van der Waals surface area contributed by atoms with Gasteiger partial charge in [0.25, 0.3) is 0 Å². The summed E-state index contributed by atoms with van der Waals surface area (Å²) in [5.41, 5.74) is -15.3. The van der Waals surface area contributed by atoms with E-state index in [2.05, 4.69) is 10.6 Å². The predicted molar refractivity (Wildman–Crippen MR) is 147 cm³/mol. The zero-order valence-corrected chi connectivity index (χ0v) is 26.8. The standard InChI is InChI=1S/C28H52N2O11/c1-14-38-26(11)22(7,30-18(3)34)27(12,37)39-20(5,16-32)25(26,10)41-28(13)21(6,29-17(2)33)24(9,36)23(8,35)19(4,15-31)40-28/h31-32,35-37H,14-16H2,1-13H3,(H,29,33)(H,30,34). The highest BCUT2D eigenvalue weighted by molar-refractivity contribution is 5.75. The summed E-state index contributed by atoms with van der Waals surface area (Å²) in [5, 5.41) is 62.1. The fourth-order valence-electron chi connectivity index (χ4n) is 6.97. The van der Waals surface area contributed by atoms with Crippen molar-refractivity contribution in [3.8, 4) is 0 Å². The van der Waals surface area contributed by atoms with Gasteiger partial charge in [0.05, 0.1) is 13.2 Å². The summed E-state index contributed by atoms with van der Waals surface area (Å²) in [6.07, 6.45) is 0. The van der Waals surface area contributed by atoms with E-state index in [1.807, 2.05) is 0 Å². The van der Waals surface area contributed by atoms with Gasteiger partial charge >= 0.3 is 0 Å². The van der Waals surface area contributed by atoms with E-state index in [4.69, 9.17) is 18.9 Å². The van der Waals surface area contributed by atoms with Gasteiger partial charge in [0, 0.05) is 20.5 Å². The van der Waals surface area contributed by atoms with E-state index in [1.165, 1.54) is 76.2 Å². The Morgan fingerprint density at radius 2 is 1.12 bits per heavy atom. The van der Waals surface area contributed by atoms with Crippen molar-refractivity contribution in [2.45, 2.75) is 146 Å². The molecule has 2 aliphatic heterocycles. The van der Waals surface area contributed by atoms with Crippen LogP contribution in [0.2, 0.25) is 0 Å². The smallest absolute Gasteiger partial charge is 0.217 e. The Morgan fingerprint density at radius 3 is 1.51 bits per heavy atom. The van der Waals surface area contributed by atoms with Crippen LogP contribution in [0.15, 0.2) is 0 Å². The minimum atomic E-state index is -2.23. The van der Waals surface area contributed by atoms with Crippen molar-refractivity contribution in [2.75, 3.05) is 19.8 Å². The van der Waals surface area contributed by atoms with Gasteiger partial charge in [0.1, 0.15) is 44.7 Å². The van der Waals surface area contributed by atoms with Gasteiger partial charge in [-0.2, -0.15) is 0 Å². The number of carbonyl (C=O) groups excluding carboxylic acids is 2. The van der Waals surface area contributed by atoms with Gasteiger partial charge in [-0.3, -0.25) is 9.59 Å². The molecule has 2 saturated heterocycles. The number of ether oxygens (including phenoxy) is 4.